The van der Waals surface area contributed by atoms with Crippen LogP contribution in [0.5, 0.6) is 11.5 Å². The molecule has 0 bridgehead atoms. The van der Waals surface area contributed by atoms with Crippen molar-refractivity contribution < 1.29 is 44.2 Å². The molecule has 0 heterocycles. The highest BCUT2D eigenvalue weighted by Crippen LogP contribution is 2.45. The highest BCUT2D eigenvalue weighted by molar-refractivity contribution is 5.85. The molecule has 0 saturated heterocycles. The molecule has 192 valence electrons. The molecule has 0 saturated carbocycles. The summed E-state index contributed by atoms with van der Waals surface area (Å²) in [7, 11) is 0. The third-order valence-corrected chi connectivity index (χ3v) is 5.17. The van der Waals surface area contributed by atoms with Gasteiger partial charge in [-0.25, -0.2) is 4.39 Å². The fraction of sp³-hybridized carbons (Fsp3) is 0.423. The first-order valence-corrected chi connectivity index (χ1v) is 11.4. The summed E-state index contributed by atoms with van der Waals surface area (Å²) >= 11 is 0. The molecule has 2 aromatic rings. The Bertz CT molecular complexity index is 988. The van der Waals surface area contributed by atoms with Gasteiger partial charge in [-0.2, -0.15) is 0 Å². The minimum Gasteiger partial charge on any atom is -0.487 e. The number of benzene rings is 2. The average molecular weight is 493 g/mol. The number of halogens is 1. The molecule has 2 aromatic carbocycles. The number of hydrogen-bond acceptors (Lipinski definition) is 7. The van der Waals surface area contributed by atoms with Crippen molar-refractivity contribution in [1.82, 2.24) is 0 Å². The average Bonchev–Trinajstić information content (AvgIpc) is 2.79. The molecule has 2 unspecified atom stereocenters. The zero-order valence-corrected chi connectivity index (χ0v) is 19.9. The Labute approximate surface area is 203 Å². The Morgan fingerprint density at radius 2 is 1.69 bits per heavy atom. The first-order valence-electron chi connectivity index (χ1n) is 11.4. The van der Waals surface area contributed by atoms with Gasteiger partial charge in [0, 0.05) is 12.0 Å². The first-order chi connectivity index (χ1) is 16.7. The Morgan fingerprint density at radius 1 is 1.06 bits per heavy atom. The Balaban J connectivity index is 2.68. The van der Waals surface area contributed by atoms with E-state index in [9.17, 15) is 29.6 Å². The normalized spacial score (nSPS) is 13.3. The zero-order chi connectivity index (χ0) is 26.0. The van der Waals surface area contributed by atoms with Gasteiger partial charge < -0.3 is 35.0 Å². The van der Waals surface area contributed by atoms with E-state index in [1.54, 1.807) is 24.3 Å². The predicted molar refractivity (Wildman–Crippen MR) is 129 cm³/mol. The molecule has 0 aliphatic heterocycles. The Morgan fingerprint density at radius 3 is 2.26 bits per heavy atom. The van der Waals surface area contributed by atoms with E-state index >= 15 is 0 Å². The molecule has 2 atom stereocenters. The van der Waals surface area contributed by atoms with E-state index in [1.807, 2.05) is 13.8 Å². The second-order valence-corrected chi connectivity index (χ2v) is 8.30. The summed E-state index contributed by atoms with van der Waals surface area (Å²) in [6.45, 7) is 3.38. The van der Waals surface area contributed by atoms with Gasteiger partial charge in [0.2, 0.25) is 0 Å². The van der Waals surface area contributed by atoms with Crippen LogP contribution in [-0.2, 0) is 4.79 Å². The van der Waals surface area contributed by atoms with Gasteiger partial charge in [0.15, 0.2) is 11.5 Å². The van der Waals surface area contributed by atoms with E-state index in [2.05, 4.69) is 0 Å². The standard InChI is InChI=1S/C26H33FO8/c1-16(2)22-15-23(34-11-9-28)26(35-12-10-29)25(17-3-5-18(27)6-4-17)21(22)8-7-19(30)13-20(31)14-24(32)33/h3-8,15-16,19-20,28-31H,9-14H2,1-2H3,(H,32,33). The molecule has 0 radical (unpaired) electrons. The van der Waals surface area contributed by atoms with Crippen LogP contribution < -0.4 is 9.47 Å². The number of aliphatic carboxylic acids is 1. The molecule has 0 aromatic heterocycles. The third-order valence-electron chi connectivity index (χ3n) is 5.17. The van der Waals surface area contributed by atoms with Crippen LogP contribution in [0.15, 0.2) is 36.4 Å². The summed E-state index contributed by atoms with van der Waals surface area (Å²) in [4.78, 5) is 10.8. The fourth-order valence-corrected chi connectivity index (χ4v) is 3.64. The summed E-state index contributed by atoms with van der Waals surface area (Å²) in [6.07, 6.45) is 0.0940. The summed E-state index contributed by atoms with van der Waals surface area (Å²) in [5.74, 6) is -0.998. The molecule has 0 spiro atoms. The second-order valence-electron chi connectivity index (χ2n) is 8.30. The lowest BCUT2D eigenvalue weighted by Crippen LogP contribution is -2.19. The van der Waals surface area contributed by atoms with Crippen molar-refractivity contribution in [2.75, 3.05) is 26.4 Å². The summed E-state index contributed by atoms with van der Waals surface area (Å²) < 4.78 is 25.3. The maximum atomic E-state index is 13.7. The van der Waals surface area contributed by atoms with E-state index < -0.39 is 30.4 Å². The lowest BCUT2D eigenvalue weighted by Gasteiger charge is -2.23. The number of hydrogen-bond donors (Lipinski definition) is 5. The lowest BCUT2D eigenvalue weighted by molar-refractivity contribution is -0.139. The van der Waals surface area contributed by atoms with E-state index in [1.165, 1.54) is 18.2 Å². The molecule has 0 amide bonds. The third kappa shape index (κ3) is 8.32. The predicted octanol–water partition coefficient (Wildman–Crippen LogP) is 2.96. The highest BCUT2D eigenvalue weighted by Gasteiger charge is 2.23. The van der Waals surface area contributed by atoms with Gasteiger partial charge in [0.25, 0.3) is 0 Å². The van der Waals surface area contributed by atoms with Crippen molar-refractivity contribution in [1.29, 1.82) is 0 Å². The number of aliphatic hydroxyl groups is 4. The van der Waals surface area contributed by atoms with Crippen LogP contribution in [0.25, 0.3) is 17.2 Å². The summed E-state index contributed by atoms with van der Waals surface area (Å²) in [5, 5.41) is 47.7. The zero-order valence-electron chi connectivity index (χ0n) is 19.9. The monoisotopic (exact) mass is 492 g/mol. The molecule has 2 rings (SSSR count). The van der Waals surface area contributed by atoms with Crippen molar-refractivity contribution in [3.05, 3.63) is 53.4 Å². The van der Waals surface area contributed by atoms with Gasteiger partial charge in [-0.15, -0.1) is 0 Å². The Hall–Kier alpha value is -2.98. The van der Waals surface area contributed by atoms with Crippen LogP contribution in [0.2, 0.25) is 0 Å². The van der Waals surface area contributed by atoms with E-state index in [0.29, 0.717) is 22.4 Å². The second kappa shape index (κ2) is 13.8. The van der Waals surface area contributed by atoms with Crippen molar-refractivity contribution in [2.45, 2.75) is 44.8 Å². The van der Waals surface area contributed by atoms with Crippen LogP contribution in [0.1, 0.15) is 43.7 Å². The van der Waals surface area contributed by atoms with Crippen LogP contribution in [0.4, 0.5) is 4.39 Å². The number of aliphatic hydroxyl groups excluding tert-OH is 4. The maximum Gasteiger partial charge on any atom is 0.305 e. The topological polar surface area (TPSA) is 137 Å². The molecule has 8 nitrogen and oxygen atoms in total. The maximum absolute atomic E-state index is 13.7. The van der Waals surface area contributed by atoms with Gasteiger partial charge in [-0.05, 0) is 40.8 Å². The van der Waals surface area contributed by atoms with Gasteiger partial charge in [0.05, 0.1) is 31.8 Å². The summed E-state index contributed by atoms with van der Waals surface area (Å²) in [6, 6.07) is 7.49. The van der Waals surface area contributed by atoms with Crippen LogP contribution in [-0.4, -0.2) is 70.1 Å². The fourth-order valence-electron chi connectivity index (χ4n) is 3.64. The van der Waals surface area contributed by atoms with Crippen LogP contribution in [0, 0.1) is 5.82 Å². The number of carboxylic acid groups (broad SMARTS) is 1. The quantitative estimate of drug-likeness (QED) is 0.272. The van der Waals surface area contributed by atoms with Gasteiger partial charge >= 0.3 is 5.97 Å². The van der Waals surface area contributed by atoms with Gasteiger partial charge in [0.1, 0.15) is 19.0 Å². The largest absolute Gasteiger partial charge is 0.487 e. The van der Waals surface area contributed by atoms with E-state index in [4.69, 9.17) is 14.6 Å². The number of carboxylic acids is 1. The van der Waals surface area contributed by atoms with Crippen LogP contribution >= 0.6 is 0 Å². The summed E-state index contributed by atoms with van der Waals surface area (Å²) in [5.41, 5.74) is 2.58. The minimum atomic E-state index is -1.22. The number of carbonyl (C=O) groups is 1. The van der Waals surface area contributed by atoms with Gasteiger partial charge in [-0.1, -0.05) is 38.1 Å². The Kier molecular flexibility index (Phi) is 11.1. The SMILES string of the molecule is CC(C)c1cc(OCCO)c(OCCO)c(-c2ccc(F)cc2)c1C=CC(O)CC(O)CC(=O)O. The molecule has 0 aliphatic carbocycles. The van der Waals surface area contributed by atoms with Crippen molar-refractivity contribution in [3.8, 4) is 22.6 Å². The van der Waals surface area contributed by atoms with Crippen molar-refractivity contribution in [3.63, 3.8) is 0 Å². The van der Waals surface area contributed by atoms with E-state index in [-0.39, 0.29) is 44.5 Å². The molecule has 5 N–H and O–H groups in total. The van der Waals surface area contributed by atoms with Crippen molar-refractivity contribution >= 4 is 12.0 Å². The molecule has 9 heteroatoms. The molecule has 35 heavy (non-hydrogen) atoms. The van der Waals surface area contributed by atoms with E-state index in [0.717, 1.165) is 5.56 Å². The lowest BCUT2D eigenvalue weighted by atomic mass is 9.88. The van der Waals surface area contributed by atoms with Crippen molar-refractivity contribution in [2.24, 2.45) is 0 Å². The molecule has 0 fully saturated rings. The van der Waals surface area contributed by atoms with Crippen LogP contribution in [0.3, 0.4) is 0 Å². The molecular formula is C26H33FO8. The molecular weight excluding hydrogens is 459 g/mol. The number of rotatable bonds is 14. The smallest absolute Gasteiger partial charge is 0.305 e. The number of ether oxygens (including phenoxy) is 2. The minimum absolute atomic E-state index is 0.00520. The van der Waals surface area contributed by atoms with Gasteiger partial charge in [-0.3, -0.25) is 4.79 Å². The molecule has 0 aliphatic rings. The first kappa shape index (κ1) is 28.3. The highest BCUT2D eigenvalue weighted by atomic mass is 19.1.